The van der Waals surface area contributed by atoms with Gasteiger partial charge in [0.1, 0.15) is 5.50 Å². The first-order valence-electron chi connectivity index (χ1n) is 5.00. The molecular weight excluding hydrogens is 228 g/mol. The van der Waals surface area contributed by atoms with Gasteiger partial charge in [-0.25, -0.2) is 5.43 Å². The minimum absolute atomic E-state index is 0.113. The van der Waals surface area contributed by atoms with Gasteiger partial charge in [0, 0.05) is 12.6 Å². The molecule has 0 amide bonds. The van der Waals surface area contributed by atoms with Gasteiger partial charge in [0.15, 0.2) is 0 Å². The summed E-state index contributed by atoms with van der Waals surface area (Å²) in [6.45, 7) is 0.705. The van der Waals surface area contributed by atoms with E-state index in [4.69, 9.17) is 0 Å². The van der Waals surface area contributed by atoms with Crippen LogP contribution in [-0.2, 0) is 0 Å². The molecule has 1 rings (SSSR count). The van der Waals surface area contributed by atoms with E-state index in [2.05, 4.69) is 28.8 Å². The highest BCUT2D eigenvalue weighted by Gasteiger charge is 2.14. The highest BCUT2D eigenvalue weighted by molar-refractivity contribution is 7.80. The summed E-state index contributed by atoms with van der Waals surface area (Å²) in [5, 5.41) is 13.3. The van der Waals surface area contributed by atoms with Crippen LogP contribution in [0.5, 0.6) is 0 Å². The average molecular weight is 244 g/mol. The molecule has 0 heterocycles. The van der Waals surface area contributed by atoms with E-state index in [1.165, 1.54) is 0 Å². The number of nitrogens with zero attached hydrogens (tertiary/aromatic N) is 1. The van der Waals surface area contributed by atoms with Crippen molar-refractivity contribution in [2.24, 2.45) is 5.92 Å². The van der Waals surface area contributed by atoms with Gasteiger partial charge in [-0.05, 0) is 25.5 Å². The van der Waals surface area contributed by atoms with E-state index in [1.54, 1.807) is 19.2 Å². The van der Waals surface area contributed by atoms with Gasteiger partial charge in [0.25, 0.3) is 5.70 Å². The number of nitrogens with one attached hydrogen (secondary N) is 3. The minimum atomic E-state index is -0.372. The maximum atomic E-state index is 10.4. The fraction of sp³-hybridized carbons (Fsp3) is 0.556. The van der Waals surface area contributed by atoms with Crippen LogP contribution in [0.2, 0.25) is 0 Å². The van der Waals surface area contributed by atoms with Crippen molar-refractivity contribution in [2.45, 2.75) is 11.9 Å². The van der Waals surface area contributed by atoms with E-state index in [-0.39, 0.29) is 22.0 Å². The van der Waals surface area contributed by atoms with Gasteiger partial charge >= 0.3 is 0 Å². The Morgan fingerprint density at radius 1 is 1.75 bits per heavy atom. The fourth-order valence-electron chi connectivity index (χ4n) is 1.30. The first kappa shape index (κ1) is 13.2. The van der Waals surface area contributed by atoms with E-state index < -0.39 is 0 Å². The van der Waals surface area contributed by atoms with Gasteiger partial charge < -0.3 is 0 Å². The van der Waals surface area contributed by atoms with E-state index in [9.17, 15) is 10.1 Å². The molecular formula is C9H16N4O2S. The number of hydrogen-bond acceptors (Lipinski definition) is 6. The SMILES string of the molecule is CNC(S)NNCC1C=CC([N+](=O)[O-])=CC1. The normalized spacial score (nSPS) is 21.6. The number of allylic oxidation sites excluding steroid dienone is 2. The fourth-order valence-corrected chi connectivity index (χ4v) is 1.39. The Balaban J connectivity index is 2.23. The van der Waals surface area contributed by atoms with E-state index in [0.717, 1.165) is 0 Å². The smallest absolute Gasteiger partial charge is 0.265 e. The van der Waals surface area contributed by atoms with Crippen LogP contribution in [0.3, 0.4) is 0 Å². The van der Waals surface area contributed by atoms with Crippen molar-refractivity contribution < 1.29 is 4.92 Å². The third-order valence-electron chi connectivity index (χ3n) is 2.26. The lowest BCUT2D eigenvalue weighted by atomic mass is 10.00. The van der Waals surface area contributed by atoms with Crippen LogP contribution in [0.15, 0.2) is 23.9 Å². The van der Waals surface area contributed by atoms with E-state index >= 15 is 0 Å². The van der Waals surface area contributed by atoms with Crippen molar-refractivity contribution in [2.75, 3.05) is 13.6 Å². The molecule has 0 aromatic rings. The summed E-state index contributed by atoms with van der Waals surface area (Å²) in [6, 6.07) is 0. The predicted molar refractivity (Wildman–Crippen MR) is 65.3 cm³/mol. The first-order chi connectivity index (χ1) is 7.63. The van der Waals surface area contributed by atoms with Crippen molar-refractivity contribution in [3.05, 3.63) is 34.0 Å². The zero-order valence-electron chi connectivity index (χ0n) is 9.01. The Hall–Kier alpha value is -0.890. The molecule has 0 aromatic carbocycles. The zero-order chi connectivity index (χ0) is 12.0. The molecule has 0 aromatic heterocycles. The van der Waals surface area contributed by atoms with Crippen molar-refractivity contribution in [1.29, 1.82) is 0 Å². The number of thiol groups is 1. The molecule has 0 saturated carbocycles. The van der Waals surface area contributed by atoms with Crippen LogP contribution < -0.4 is 16.2 Å². The second kappa shape index (κ2) is 6.64. The molecule has 6 nitrogen and oxygen atoms in total. The predicted octanol–water partition coefficient (Wildman–Crippen LogP) is 0.250. The van der Waals surface area contributed by atoms with E-state index in [0.29, 0.717) is 13.0 Å². The third kappa shape index (κ3) is 4.31. The Kier molecular flexibility index (Phi) is 5.47. The van der Waals surface area contributed by atoms with Gasteiger partial charge in [-0.1, -0.05) is 6.08 Å². The average Bonchev–Trinajstić information content (AvgIpc) is 2.29. The Morgan fingerprint density at radius 2 is 2.50 bits per heavy atom. The number of hydrogen-bond donors (Lipinski definition) is 4. The second-order valence-corrected chi connectivity index (χ2v) is 3.97. The van der Waals surface area contributed by atoms with Crippen LogP contribution in [0, 0.1) is 16.0 Å². The molecule has 0 bridgehead atoms. The van der Waals surface area contributed by atoms with Crippen LogP contribution in [-0.4, -0.2) is 24.0 Å². The molecule has 3 N–H and O–H groups in total. The molecule has 7 heteroatoms. The Labute approximate surface area is 99.7 Å². The first-order valence-corrected chi connectivity index (χ1v) is 5.51. The number of rotatable bonds is 6. The van der Waals surface area contributed by atoms with Gasteiger partial charge in [-0.2, -0.15) is 0 Å². The molecule has 90 valence electrons. The molecule has 2 unspecified atom stereocenters. The summed E-state index contributed by atoms with van der Waals surface area (Å²) in [5.74, 6) is 0.272. The van der Waals surface area contributed by atoms with Crippen molar-refractivity contribution in [3.63, 3.8) is 0 Å². The lowest BCUT2D eigenvalue weighted by Crippen LogP contribution is -2.46. The largest absolute Gasteiger partial charge is 0.296 e. The monoisotopic (exact) mass is 244 g/mol. The quantitative estimate of drug-likeness (QED) is 0.233. The molecule has 1 aliphatic carbocycles. The topological polar surface area (TPSA) is 79.2 Å². The maximum Gasteiger partial charge on any atom is 0.265 e. The second-order valence-electron chi connectivity index (χ2n) is 3.46. The highest BCUT2D eigenvalue weighted by Crippen LogP contribution is 2.15. The molecule has 0 radical (unpaired) electrons. The van der Waals surface area contributed by atoms with Crippen molar-refractivity contribution >= 4 is 12.6 Å². The van der Waals surface area contributed by atoms with Crippen molar-refractivity contribution in [1.82, 2.24) is 16.2 Å². The maximum absolute atomic E-state index is 10.4. The molecule has 0 saturated heterocycles. The number of nitro groups is 1. The molecule has 2 atom stereocenters. The summed E-state index contributed by atoms with van der Waals surface area (Å²) >= 11 is 4.17. The van der Waals surface area contributed by atoms with Crippen molar-refractivity contribution in [3.8, 4) is 0 Å². The van der Waals surface area contributed by atoms with Crippen LogP contribution in [0.25, 0.3) is 0 Å². The third-order valence-corrected chi connectivity index (χ3v) is 2.64. The molecule has 0 aliphatic heterocycles. The molecule has 1 aliphatic rings. The summed E-state index contributed by atoms with van der Waals surface area (Å²) < 4.78 is 0. The van der Waals surface area contributed by atoms with Gasteiger partial charge in [-0.3, -0.25) is 20.9 Å². The van der Waals surface area contributed by atoms with Gasteiger partial charge in [0.05, 0.1) is 4.92 Å². The van der Waals surface area contributed by atoms with Crippen LogP contribution in [0.1, 0.15) is 6.42 Å². The molecule has 16 heavy (non-hydrogen) atoms. The Bertz CT molecular complexity index is 306. The lowest BCUT2D eigenvalue weighted by Gasteiger charge is -2.17. The zero-order valence-corrected chi connectivity index (χ0v) is 9.91. The summed E-state index contributed by atoms with van der Waals surface area (Å²) in [5.41, 5.74) is 6.00. The van der Waals surface area contributed by atoms with Crippen LogP contribution >= 0.6 is 12.6 Å². The summed E-state index contributed by atoms with van der Waals surface area (Å²) in [7, 11) is 1.79. The van der Waals surface area contributed by atoms with Crippen LogP contribution in [0.4, 0.5) is 0 Å². The standard InChI is InChI=1S/C9H16N4O2S/c1-10-9(16)12-11-6-7-2-4-8(5-3-7)13(14)15/h2,4-5,7,9-12,16H,3,6H2,1H3. The Morgan fingerprint density at radius 3 is 3.00 bits per heavy atom. The number of hydrazine groups is 1. The molecule has 0 spiro atoms. The summed E-state index contributed by atoms with van der Waals surface area (Å²) in [6.07, 6.45) is 5.71. The summed E-state index contributed by atoms with van der Waals surface area (Å²) in [4.78, 5) is 10.1. The highest BCUT2D eigenvalue weighted by atomic mass is 32.1. The van der Waals surface area contributed by atoms with Gasteiger partial charge in [0.2, 0.25) is 0 Å². The van der Waals surface area contributed by atoms with E-state index in [1.807, 2.05) is 6.08 Å². The minimum Gasteiger partial charge on any atom is -0.296 e. The molecule has 0 fully saturated rings. The van der Waals surface area contributed by atoms with Gasteiger partial charge in [-0.15, -0.1) is 12.6 Å². The lowest BCUT2D eigenvalue weighted by molar-refractivity contribution is -0.419.